The molecule has 0 saturated heterocycles. The van der Waals surface area contributed by atoms with Crippen molar-refractivity contribution in [2.24, 2.45) is 0 Å². The molecule has 11 aromatic carbocycles. The molecule has 16 rings (SSSR count). The fourth-order valence-electron chi connectivity index (χ4n) is 11.5. The molecule has 0 aliphatic heterocycles. The lowest BCUT2D eigenvalue weighted by Gasteiger charge is -2.17. The lowest BCUT2D eigenvalue weighted by molar-refractivity contribution is 0.667. The van der Waals surface area contributed by atoms with E-state index in [1.165, 1.54) is 52.5 Å². The van der Waals surface area contributed by atoms with E-state index in [1.807, 2.05) is 6.07 Å². The van der Waals surface area contributed by atoms with Crippen LogP contribution in [0.1, 0.15) is 0 Å². The zero-order valence-electron chi connectivity index (χ0n) is 37.3. The molecular formula is C63H35N5OS. The van der Waals surface area contributed by atoms with Crippen LogP contribution in [0, 0.1) is 0 Å². The lowest BCUT2D eigenvalue weighted by atomic mass is 9.96. The molecule has 0 bridgehead atoms. The number of fused-ring (bicyclic) bond motifs is 16. The van der Waals surface area contributed by atoms with Gasteiger partial charge >= 0.3 is 0 Å². The van der Waals surface area contributed by atoms with E-state index in [4.69, 9.17) is 19.4 Å². The molecule has 324 valence electrons. The Balaban J connectivity index is 1.07. The molecule has 7 heteroatoms. The summed E-state index contributed by atoms with van der Waals surface area (Å²) in [5.41, 5.74) is 8.61. The second-order valence-corrected chi connectivity index (χ2v) is 19.3. The number of thiophene rings is 1. The van der Waals surface area contributed by atoms with Gasteiger partial charge in [0, 0.05) is 69.0 Å². The minimum Gasteiger partial charge on any atom is -0.454 e. The van der Waals surface area contributed by atoms with Crippen molar-refractivity contribution in [2.75, 3.05) is 0 Å². The van der Waals surface area contributed by atoms with E-state index in [0.29, 0.717) is 17.6 Å². The zero-order chi connectivity index (χ0) is 45.6. The lowest BCUT2D eigenvalue weighted by Crippen LogP contribution is -2.07. The van der Waals surface area contributed by atoms with Gasteiger partial charge in [-0.05, 0) is 87.6 Å². The van der Waals surface area contributed by atoms with E-state index in [1.54, 1.807) is 11.3 Å². The van der Waals surface area contributed by atoms with Crippen LogP contribution in [0.25, 0.3) is 152 Å². The molecule has 16 aromatic rings. The molecule has 70 heavy (non-hydrogen) atoms. The van der Waals surface area contributed by atoms with Gasteiger partial charge in [0.1, 0.15) is 5.58 Å². The van der Waals surface area contributed by atoms with Crippen molar-refractivity contribution in [3.8, 4) is 34.4 Å². The molecule has 0 saturated carbocycles. The van der Waals surface area contributed by atoms with Crippen LogP contribution in [0.3, 0.4) is 0 Å². The monoisotopic (exact) mass is 909 g/mol. The molecule has 5 aromatic heterocycles. The first-order valence-corrected chi connectivity index (χ1v) is 24.4. The van der Waals surface area contributed by atoms with Crippen LogP contribution in [0.5, 0.6) is 0 Å². The third kappa shape index (κ3) is 5.24. The third-order valence-corrected chi connectivity index (χ3v) is 15.7. The standard InChI is InChI=1S/C63H35N5OS/c1-2-17-38-35-52-48(33-37(38)16-1)56-40-18-4-3-15-36(40)29-31-51(56)67(52)59-45-23-6-5-22-44(45)58(57-46-24-9-13-27-53(46)69-60(57)59)62-64-61(39-30-32-55-47(34-39)43-21-10-14-28-54(43)70-55)65-63(66-62)68-49-25-11-7-19-41(49)42-20-8-12-26-50(42)68/h1-35H. The van der Waals surface area contributed by atoms with E-state index in [9.17, 15) is 0 Å². The van der Waals surface area contributed by atoms with Gasteiger partial charge in [0.25, 0.3) is 0 Å². The van der Waals surface area contributed by atoms with Crippen molar-refractivity contribution in [1.29, 1.82) is 0 Å². The number of para-hydroxylation sites is 3. The first kappa shape index (κ1) is 37.9. The molecule has 0 fully saturated rings. The average molecular weight is 910 g/mol. The van der Waals surface area contributed by atoms with E-state index in [2.05, 4.69) is 215 Å². The van der Waals surface area contributed by atoms with Crippen molar-refractivity contribution < 1.29 is 4.42 Å². The maximum Gasteiger partial charge on any atom is 0.238 e. The summed E-state index contributed by atoms with van der Waals surface area (Å²) in [4.78, 5) is 16.6. The molecule has 6 nitrogen and oxygen atoms in total. The molecule has 0 unspecified atom stereocenters. The first-order valence-electron chi connectivity index (χ1n) is 23.6. The minimum atomic E-state index is 0.544. The number of nitrogens with zero attached hydrogens (tertiary/aromatic N) is 5. The van der Waals surface area contributed by atoms with Gasteiger partial charge < -0.3 is 8.98 Å². The second-order valence-electron chi connectivity index (χ2n) is 18.3. The number of rotatable bonds is 4. The van der Waals surface area contributed by atoms with Crippen molar-refractivity contribution in [1.82, 2.24) is 24.1 Å². The van der Waals surface area contributed by atoms with Gasteiger partial charge in [-0.25, -0.2) is 4.98 Å². The molecular weight excluding hydrogens is 875 g/mol. The van der Waals surface area contributed by atoms with Gasteiger partial charge in [-0.2, -0.15) is 9.97 Å². The van der Waals surface area contributed by atoms with Crippen LogP contribution < -0.4 is 0 Å². The molecule has 5 heterocycles. The Kier molecular flexibility index (Phi) is 7.67. The highest BCUT2D eigenvalue weighted by Gasteiger charge is 2.28. The predicted molar refractivity (Wildman–Crippen MR) is 292 cm³/mol. The second kappa shape index (κ2) is 14.2. The molecule has 0 spiro atoms. The van der Waals surface area contributed by atoms with Crippen molar-refractivity contribution in [2.45, 2.75) is 0 Å². The Morgan fingerprint density at radius 2 is 0.971 bits per heavy atom. The number of furan rings is 1. The Labute approximate surface area is 402 Å². The molecule has 0 radical (unpaired) electrons. The summed E-state index contributed by atoms with van der Waals surface area (Å²) in [5.74, 6) is 1.70. The number of aromatic nitrogens is 5. The van der Waals surface area contributed by atoms with Crippen LogP contribution in [0.4, 0.5) is 0 Å². The zero-order valence-corrected chi connectivity index (χ0v) is 38.1. The van der Waals surface area contributed by atoms with Gasteiger partial charge in [0.2, 0.25) is 5.95 Å². The highest BCUT2D eigenvalue weighted by Crippen LogP contribution is 2.49. The summed E-state index contributed by atoms with van der Waals surface area (Å²) < 4.78 is 14.4. The van der Waals surface area contributed by atoms with Gasteiger partial charge in [-0.1, -0.05) is 152 Å². The number of hydrogen-bond acceptors (Lipinski definition) is 5. The van der Waals surface area contributed by atoms with Crippen molar-refractivity contribution in [3.05, 3.63) is 212 Å². The molecule has 0 aliphatic carbocycles. The summed E-state index contributed by atoms with van der Waals surface area (Å²) in [5, 5.41) is 15.8. The number of hydrogen-bond donors (Lipinski definition) is 0. The molecule has 0 aliphatic rings. The normalized spacial score (nSPS) is 12.3. The van der Waals surface area contributed by atoms with E-state index >= 15 is 0 Å². The van der Waals surface area contributed by atoms with E-state index < -0.39 is 0 Å². The summed E-state index contributed by atoms with van der Waals surface area (Å²) in [6.07, 6.45) is 0. The van der Waals surface area contributed by atoms with E-state index in [0.717, 1.165) is 82.4 Å². The summed E-state index contributed by atoms with van der Waals surface area (Å²) in [6, 6.07) is 76.0. The van der Waals surface area contributed by atoms with Crippen LogP contribution >= 0.6 is 11.3 Å². The average Bonchev–Trinajstić information content (AvgIpc) is 4.17. The van der Waals surface area contributed by atoms with Gasteiger partial charge in [-0.3, -0.25) is 4.57 Å². The highest BCUT2D eigenvalue weighted by molar-refractivity contribution is 7.25. The van der Waals surface area contributed by atoms with Crippen LogP contribution in [-0.4, -0.2) is 24.1 Å². The maximum absolute atomic E-state index is 7.27. The largest absolute Gasteiger partial charge is 0.454 e. The third-order valence-electron chi connectivity index (χ3n) is 14.5. The Morgan fingerprint density at radius 3 is 1.77 bits per heavy atom. The fraction of sp³-hybridized carbons (Fsp3) is 0. The number of benzene rings is 11. The van der Waals surface area contributed by atoms with Gasteiger partial charge in [0.05, 0.1) is 27.8 Å². The van der Waals surface area contributed by atoms with Gasteiger partial charge in [0.15, 0.2) is 17.2 Å². The Bertz CT molecular complexity index is 4860. The minimum absolute atomic E-state index is 0.544. The predicted octanol–water partition coefficient (Wildman–Crippen LogP) is 17.1. The van der Waals surface area contributed by atoms with E-state index in [-0.39, 0.29) is 0 Å². The Morgan fingerprint density at radius 1 is 0.357 bits per heavy atom. The highest BCUT2D eigenvalue weighted by atomic mass is 32.1. The van der Waals surface area contributed by atoms with Gasteiger partial charge in [-0.15, -0.1) is 11.3 Å². The maximum atomic E-state index is 7.27. The first-order chi connectivity index (χ1) is 34.7. The van der Waals surface area contributed by atoms with Crippen molar-refractivity contribution in [3.63, 3.8) is 0 Å². The van der Waals surface area contributed by atoms with Crippen LogP contribution in [0.2, 0.25) is 0 Å². The summed E-state index contributed by atoms with van der Waals surface area (Å²) in [7, 11) is 0. The van der Waals surface area contributed by atoms with Crippen molar-refractivity contribution >= 4 is 129 Å². The molecule has 0 amide bonds. The Hall–Kier alpha value is -9.17. The molecule has 0 atom stereocenters. The topological polar surface area (TPSA) is 61.7 Å². The quantitative estimate of drug-likeness (QED) is 0.176. The van der Waals surface area contributed by atoms with Crippen LogP contribution in [0.15, 0.2) is 217 Å². The SMILES string of the molecule is c1ccc2cc3c(cc2c1)c1c2ccccc2ccc1n3-c1c2ccccc2c(-c2nc(-c3ccc4sc5ccccc5c4c3)nc(-n3c4ccccc4c4ccccc43)n2)c2c1oc1ccccc12. The molecule has 0 N–H and O–H groups in total. The summed E-state index contributed by atoms with van der Waals surface area (Å²) in [6.45, 7) is 0. The van der Waals surface area contributed by atoms with Crippen LogP contribution in [-0.2, 0) is 0 Å². The fourth-order valence-corrected chi connectivity index (χ4v) is 12.6. The smallest absolute Gasteiger partial charge is 0.238 e. The summed E-state index contributed by atoms with van der Waals surface area (Å²) >= 11 is 1.81.